The van der Waals surface area contributed by atoms with Gasteiger partial charge in [0.25, 0.3) is 0 Å². The molecular formula is C18H26N2O6S. The Labute approximate surface area is 159 Å². The van der Waals surface area contributed by atoms with E-state index in [4.69, 9.17) is 14.2 Å². The molecule has 0 aromatic heterocycles. The predicted octanol–water partition coefficient (Wildman–Crippen LogP) is 1.30. The zero-order chi connectivity index (χ0) is 19.3. The van der Waals surface area contributed by atoms with Crippen LogP contribution in [0.4, 0.5) is 5.69 Å². The fourth-order valence-corrected chi connectivity index (χ4v) is 4.14. The summed E-state index contributed by atoms with van der Waals surface area (Å²) in [6.07, 6.45) is 3.91. The number of nitrogens with one attached hydrogen (secondary N) is 1. The van der Waals surface area contributed by atoms with Gasteiger partial charge in [0.2, 0.25) is 15.9 Å². The van der Waals surface area contributed by atoms with Crippen LogP contribution < -0.4 is 19.1 Å². The number of benzene rings is 1. The van der Waals surface area contributed by atoms with E-state index in [0.29, 0.717) is 43.4 Å². The zero-order valence-corrected chi connectivity index (χ0v) is 16.3. The summed E-state index contributed by atoms with van der Waals surface area (Å²) >= 11 is 0. The summed E-state index contributed by atoms with van der Waals surface area (Å²) in [4.78, 5) is 12.0. The minimum Gasteiger partial charge on any atom is -0.486 e. The molecule has 1 amide bonds. The summed E-state index contributed by atoms with van der Waals surface area (Å²) in [5.74, 6) is 1.04. The van der Waals surface area contributed by atoms with E-state index in [1.165, 1.54) is 4.31 Å². The van der Waals surface area contributed by atoms with Crippen LogP contribution in [0.25, 0.3) is 0 Å². The van der Waals surface area contributed by atoms with Crippen molar-refractivity contribution in [2.45, 2.75) is 31.8 Å². The highest BCUT2D eigenvalue weighted by Crippen LogP contribution is 2.34. The Morgan fingerprint density at radius 1 is 1.22 bits per heavy atom. The third kappa shape index (κ3) is 5.49. The molecule has 9 heteroatoms. The summed E-state index contributed by atoms with van der Waals surface area (Å²) < 4.78 is 42.2. The van der Waals surface area contributed by atoms with E-state index in [1.54, 1.807) is 18.2 Å². The first-order valence-corrected chi connectivity index (χ1v) is 11.0. The Bertz CT molecular complexity index is 761. The van der Waals surface area contributed by atoms with Crippen molar-refractivity contribution in [3.05, 3.63) is 18.2 Å². The third-order valence-corrected chi connectivity index (χ3v) is 5.72. The average Bonchev–Trinajstić information content (AvgIpc) is 3.16. The maximum absolute atomic E-state index is 12.2. The van der Waals surface area contributed by atoms with Crippen LogP contribution in [0.15, 0.2) is 18.2 Å². The first-order chi connectivity index (χ1) is 12.9. The van der Waals surface area contributed by atoms with Gasteiger partial charge in [0.05, 0.1) is 18.0 Å². The first kappa shape index (κ1) is 19.8. The molecule has 1 aromatic rings. The van der Waals surface area contributed by atoms with Gasteiger partial charge in [-0.05, 0) is 31.4 Å². The number of carbonyl (C=O) groups is 1. The molecule has 27 heavy (non-hydrogen) atoms. The van der Waals surface area contributed by atoms with Gasteiger partial charge in [0.1, 0.15) is 13.2 Å². The van der Waals surface area contributed by atoms with Crippen LogP contribution in [0.2, 0.25) is 0 Å². The minimum atomic E-state index is -3.48. The maximum Gasteiger partial charge on any atom is 0.232 e. The molecule has 0 saturated carbocycles. The van der Waals surface area contributed by atoms with Crippen molar-refractivity contribution < 1.29 is 27.4 Å². The van der Waals surface area contributed by atoms with Crippen molar-refractivity contribution in [1.82, 2.24) is 5.32 Å². The van der Waals surface area contributed by atoms with Crippen molar-refractivity contribution in [2.75, 3.05) is 43.5 Å². The van der Waals surface area contributed by atoms with Crippen molar-refractivity contribution in [3.8, 4) is 11.5 Å². The molecule has 3 rings (SSSR count). The Hall–Kier alpha value is -2.00. The normalized spacial score (nSPS) is 18.9. The molecule has 1 atom stereocenters. The Kier molecular flexibility index (Phi) is 6.43. The van der Waals surface area contributed by atoms with Crippen LogP contribution >= 0.6 is 0 Å². The highest BCUT2D eigenvalue weighted by atomic mass is 32.2. The summed E-state index contributed by atoms with van der Waals surface area (Å²) in [7, 11) is -3.48. The molecule has 0 spiro atoms. The number of rotatable bonds is 8. The molecule has 1 N–H and O–H groups in total. The molecule has 1 unspecified atom stereocenters. The molecule has 150 valence electrons. The van der Waals surface area contributed by atoms with Gasteiger partial charge in [-0.1, -0.05) is 0 Å². The zero-order valence-electron chi connectivity index (χ0n) is 15.5. The lowest BCUT2D eigenvalue weighted by Gasteiger charge is -2.25. The summed E-state index contributed by atoms with van der Waals surface area (Å²) in [5.41, 5.74) is 0.501. The highest BCUT2D eigenvalue weighted by Gasteiger charge is 2.21. The topological polar surface area (TPSA) is 94.2 Å². The van der Waals surface area contributed by atoms with Gasteiger partial charge in [-0.2, -0.15) is 0 Å². The largest absolute Gasteiger partial charge is 0.486 e. The number of anilines is 1. The lowest BCUT2D eigenvalue weighted by Crippen LogP contribution is -2.34. The molecule has 0 aliphatic carbocycles. The fourth-order valence-electron chi connectivity index (χ4n) is 3.18. The molecule has 2 aliphatic rings. The monoisotopic (exact) mass is 398 g/mol. The van der Waals surface area contributed by atoms with E-state index in [2.05, 4.69) is 5.32 Å². The number of nitrogens with zero attached hydrogens (tertiary/aromatic N) is 1. The van der Waals surface area contributed by atoms with Gasteiger partial charge in [0.15, 0.2) is 11.5 Å². The molecular weight excluding hydrogens is 372 g/mol. The number of sulfonamides is 1. The second kappa shape index (κ2) is 8.79. The number of amides is 1. The van der Waals surface area contributed by atoms with Gasteiger partial charge < -0.3 is 19.5 Å². The number of hydrogen-bond acceptors (Lipinski definition) is 6. The van der Waals surface area contributed by atoms with Gasteiger partial charge in [-0.25, -0.2) is 8.42 Å². The van der Waals surface area contributed by atoms with E-state index in [9.17, 15) is 13.2 Å². The quantitative estimate of drug-likeness (QED) is 0.709. The lowest BCUT2D eigenvalue weighted by molar-refractivity contribution is -0.121. The van der Waals surface area contributed by atoms with Crippen LogP contribution in [0.3, 0.4) is 0 Å². The van der Waals surface area contributed by atoms with E-state index >= 15 is 0 Å². The standard InChI is InChI=1S/C18H26N2O6S/c1-27(22,23)20(14-6-7-16-17(12-14)26-11-10-25-16)8-2-5-18(21)19-13-15-4-3-9-24-15/h6-7,12,15H,2-5,8-11,13H2,1H3,(H,19,21). The average molecular weight is 398 g/mol. The molecule has 2 aliphatic heterocycles. The van der Waals surface area contributed by atoms with Crippen LogP contribution in [-0.4, -0.2) is 59.6 Å². The molecule has 0 bridgehead atoms. The van der Waals surface area contributed by atoms with E-state index < -0.39 is 10.0 Å². The first-order valence-electron chi connectivity index (χ1n) is 9.19. The Morgan fingerprint density at radius 3 is 2.70 bits per heavy atom. The minimum absolute atomic E-state index is 0.0962. The van der Waals surface area contributed by atoms with E-state index in [1.807, 2.05) is 0 Å². The number of fused-ring (bicyclic) bond motifs is 1. The molecule has 2 heterocycles. The predicted molar refractivity (Wildman–Crippen MR) is 101 cm³/mol. The molecule has 0 radical (unpaired) electrons. The van der Waals surface area contributed by atoms with Crippen LogP contribution in [0.5, 0.6) is 11.5 Å². The second-order valence-electron chi connectivity index (χ2n) is 6.71. The number of carbonyl (C=O) groups excluding carboxylic acids is 1. The Morgan fingerprint density at radius 2 is 2.00 bits per heavy atom. The molecule has 1 aromatic carbocycles. The van der Waals surface area contributed by atoms with Gasteiger partial charge in [-0.3, -0.25) is 9.10 Å². The molecule has 8 nitrogen and oxygen atoms in total. The third-order valence-electron chi connectivity index (χ3n) is 4.53. The van der Waals surface area contributed by atoms with Crippen molar-refractivity contribution in [2.24, 2.45) is 0 Å². The van der Waals surface area contributed by atoms with Crippen LogP contribution in [-0.2, 0) is 19.6 Å². The van der Waals surface area contributed by atoms with Gasteiger partial charge in [0, 0.05) is 32.2 Å². The van der Waals surface area contributed by atoms with E-state index in [0.717, 1.165) is 25.7 Å². The maximum atomic E-state index is 12.2. The summed E-state index contributed by atoms with van der Waals surface area (Å²) in [5, 5.41) is 2.85. The van der Waals surface area contributed by atoms with Crippen LogP contribution in [0, 0.1) is 0 Å². The molecule has 1 fully saturated rings. The Balaban J connectivity index is 1.55. The smallest absolute Gasteiger partial charge is 0.232 e. The van der Waals surface area contributed by atoms with E-state index in [-0.39, 0.29) is 25.0 Å². The van der Waals surface area contributed by atoms with Crippen LogP contribution in [0.1, 0.15) is 25.7 Å². The van der Waals surface area contributed by atoms with Gasteiger partial charge >= 0.3 is 0 Å². The SMILES string of the molecule is CS(=O)(=O)N(CCCC(=O)NCC1CCCO1)c1ccc2c(c1)OCCO2. The summed E-state index contributed by atoms with van der Waals surface area (Å²) in [6.45, 7) is 2.38. The van der Waals surface area contributed by atoms with Crippen molar-refractivity contribution >= 4 is 21.6 Å². The number of ether oxygens (including phenoxy) is 3. The molecule has 1 saturated heterocycles. The second-order valence-corrected chi connectivity index (χ2v) is 8.61. The van der Waals surface area contributed by atoms with Crippen molar-refractivity contribution in [1.29, 1.82) is 0 Å². The highest BCUT2D eigenvalue weighted by molar-refractivity contribution is 7.92. The fraction of sp³-hybridized carbons (Fsp3) is 0.611. The lowest BCUT2D eigenvalue weighted by atomic mass is 10.2. The number of hydrogen-bond donors (Lipinski definition) is 1. The summed E-state index contributed by atoms with van der Waals surface area (Å²) in [6, 6.07) is 5.05. The van der Waals surface area contributed by atoms with Crippen molar-refractivity contribution in [3.63, 3.8) is 0 Å². The van der Waals surface area contributed by atoms with Gasteiger partial charge in [-0.15, -0.1) is 0 Å².